The maximum atomic E-state index is 5.32. The second kappa shape index (κ2) is 7.73. The van der Waals surface area contributed by atoms with Crippen LogP contribution in [-0.4, -0.2) is 60.2 Å². The van der Waals surface area contributed by atoms with E-state index < -0.39 is 0 Å². The lowest BCUT2D eigenvalue weighted by Crippen LogP contribution is -2.24. The number of hydrogen-bond donors (Lipinski definition) is 2. The van der Waals surface area contributed by atoms with Gasteiger partial charge in [-0.25, -0.2) is 0 Å². The Balaban J connectivity index is 2.67. The van der Waals surface area contributed by atoms with E-state index in [1.165, 1.54) is 0 Å². The molecule has 0 amide bonds. The lowest BCUT2D eigenvalue weighted by Gasteiger charge is -2.17. The molecule has 0 radical (unpaired) electrons. The third-order valence-electron chi connectivity index (χ3n) is 2.50. The summed E-state index contributed by atoms with van der Waals surface area (Å²) in [5.74, 6) is 1.04. The third kappa shape index (κ3) is 5.69. The molecule has 1 heterocycles. The van der Waals surface area contributed by atoms with Gasteiger partial charge in [0.1, 0.15) is 0 Å². The Morgan fingerprint density at radius 1 is 1.21 bits per heavy atom. The molecule has 1 aromatic heterocycles. The van der Waals surface area contributed by atoms with Crippen LogP contribution >= 0.6 is 0 Å². The summed E-state index contributed by atoms with van der Waals surface area (Å²) in [7, 11) is 5.88. The summed E-state index contributed by atoms with van der Waals surface area (Å²) >= 11 is 0. The number of anilines is 2. The molecular formula is C12H24N6O. The third-order valence-corrected chi connectivity index (χ3v) is 2.50. The Kier molecular flexibility index (Phi) is 6.27. The van der Waals surface area contributed by atoms with E-state index in [1.54, 1.807) is 7.05 Å². The predicted octanol–water partition coefficient (Wildman–Crippen LogP) is 1.06. The summed E-state index contributed by atoms with van der Waals surface area (Å²) in [6, 6.07) is 0.619. The minimum absolute atomic E-state index is 0.281. The molecule has 1 aromatic rings. The highest BCUT2D eigenvalue weighted by Gasteiger charge is 2.09. The van der Waals surface area contributed by atoms with Gasteiger partial charge in [-0.1, -0.05) is 0 Å². The SMILES string of the molecule is CCOc1nc(NC)nc(NC(C)CCN(C)C)n1. The van der Waals surface area contributed by atoms with E-state index in [0.29, 0.717) is 24.5 Å². The highest BCUT2D eigenvalue weighted by atomic mass is 16.5. The van der Waals surface area contributed by atoms with Crippen molar-refractivity contribution in [3.63, 3.8) is 0 Å². The first-order valence-electron chi connectivity index (χ1n) is 6.53. The van der Waals surface area contributed by atoms with E-state index in [-0.39, 0.29) is 6.04 Å². The molecule has 2 N–H and O–H groups in total. The van der Waals surface area contributed by atoms with Crippen molar-refractivity contribution in [2.45, 2.75) is 26.3 Å². The van der Waals surface area contributed by atoms with Crippen molar-refractivity contribution in [3.8, 4) is 6.01 Å². The van der Waals surface area contributed by atoms with Crippen LogP contribution in [0.1, 0.15) is 20.3 Å². The maximum Gasteiger partial charge on any atom is 0.323 e. The Hall–Kier alpha value is -1.63. The van der Waals surface area contributed by atoms with Crippen molar-refractivity contribution in [2.24, 2.45) is 0 Å². The fourth-order valence-electron chi connectivity index (χ4n) is 1.47. The van der Waals surface area contributed by atoms with Crippen LogP contribution < -0.4 is 15.4 Å². The van der Waals surface area contributed by atoms with E-state index in [2.05, 4.69) is 51.5 Å². The number of nitrogens with one attached hydrogen (secondary N) is 2. The molecule has 1 atom stereocenters. The average molecular weight is 268 g/mol. The van der Waals surface area contributed by atoms with Crippen molar-refractivity contribution in [3.05, 3.63) is 0 Å². The van der Waals surface area contributed by atoms with Gasteiger partial charge in [0.15, 0.2) is 0 Å². The molecule has 1 unspecified atom stereocenters. The fraction of sp³-hybridized carbons (Fsp3) is 0.750. The van der Waals surface area contributed by atoms with Crippen molar-refractivity contribution >= 4 is 11.9 Å². The van der Waals surface area contributed by atoms with Crippen molar-refractivity contribution in [1.29, 1.82) is 0 Å². The highest BCUT2D eigenvalue weighted by Crippen LogP contribution is 2.12. The van der Waals surface area contributed by atoms with Gasteiger partial charge in [0.05, 0.1) is 6.61 Å². The Morgan fingerprint density at radius 3 is 2.47 bits per heavy atom. The molecular weight excluding hydrogens is 244 g/mol. The summed E-state index contributed by atoms with van der Waals surface area (Å²) in [5, 5.41) is 6.16. The monoisotopic (exact) mass is 268 g/mol. The highest BCUT2D eigenvalue weighted by molar-refractivity contribution is 5.35. The molecule has 0 spiro atoms. The number of ether oxygens (including phenoxy) is 1. The molecule has 0 bridgehead atoms. The van der Waals surface area contributed by atoms with Gasteiger partial charge in [-0.3, -0.25) is 0 Å². The minimum Gasteiger partial charge on any atom is -0.464 e. The number of nitrogens with zero attached hydrogens (tertiary/aromatic N) is 4. The van der Waals surface area contributed by atoms with E-state index in [1.807, 2.05) is 6.92 Å². The van der Waals surface area contributed by atoms with Gasteiger partial charge in [-0.2, -0.15) is 15.0 Å². The lowest BCUT2D eigenvalue weighted by atomic mass is 10.2. The number of hydrogen-bond acceptors (Lipinski definition) is 7. The zero-order valence-electron chi connectivity index (χ0n) is 12.4. The van der Waals surface area contributed by atoms with Crippen molar-refractivity contribution in [1.82, 2.24) is 19.9 Å². The summed E-state index contributed by atoms with van der Waals surface area (Å²) in [6.07, 6.45) is 1.01. The fourth-order valence-corrected chi connectivity index (χ4v) is 1.47. The second-order valence-electron chi connectivity index (χ2n) is 4.59. The molecule has 108 valence electrons. The molecule has 0 saturated heterocycles. The minimum atomic E-state index is 0.281. The van der Waals surface area contributed by atoms with E-state index in [9.17, 15) is 0 Å². The molecule has 19 heavy (non-hydrogen) atoms. The van der Waals surface area contributed by atoms with E-state index in [0.717, 1.165) is 13.0 Å². The van der Waals surface area contributed by atoms with Crippen molar-refractivity contribution < 1.29 is 4.74 Å². The first-order chi connectivity index (χ1) is 9.05. The van der Waals surface area contributed by atoms with Crippen LogP contribution in [-0.2, 0) is 0 Å². The van der Waals surface area contributed by atoms with Gasteiger partial charge in [0, 0.05) is 13.1 Å². The molecule has 0 aliphatic rings. The van der Waals surface area contributed by atoms with Gasteiger partial charge in [0.25, 0.3) is 0 Å². The quantitative estimate of drug-likeness (QED) is 0.730. The van der Waals surface area contributed by atoms with Gasteiger partial charge in [0.2, 0.25) is 11.9 Å². The van der Waals surface area contributed by atoms with Crippen LogP contribution in [0.15, 0.2) is 0 Å². The van der Waals surface area contributed by atoms with E-state index >= 15 is 0 Å². The van der Waals surface area contributed by atoms with Crippen LogP contribution in [0.4, 0.5) is 11.9 Å². The maximum absolute atomic E-state index is 5.32. The largest absolute Gasteiger partial charge is 0.464 e. The lowest BCUT2D eigenvalue weighted by molar-refractivity contribution is 0.312. The van der Waals surface area contributed by atoms with Crippen LogP contribution in [0.3, 0.4) is 0 Å². The van der Waals surface area contributed by atoms with Gasteiger partial charge in [-0.15, -0.1) is 0 Å². The van der Waals surface area contributed by atoms with Gasteiger partial charge < -0.3 is 20.3 Å². The van der Waals surface area contributed by atoms with Crippen LogP contribution in [0.5, 0.6) is 6.01 Å². The number of rotatable bonds is 8. The molecule has 7 nitrogen and oxygen atoms in total. The second-order valence-corrected chi connectivity index (χ2v) is 4.59. The zero-order valence-corrected chi connectivity index (χ0v) is 12.4. The molecule has 1 rings (SSSR count). The summed E-state index contributed by atoms with van der Waals surface area (Å²) < 4.78 is 5.32. The van der Waals surface area contributed by atoms with Crippen LogP contribution in [0.25, 0.3) is 0 Å². The first kappa shape index (κ1) is 15.4. The van der Waals surface area contributed by atoms with E-state index in [4.69, 9.17) is 4.74 Å². The smallest absolute Gasteiger partial charge is 0.323 e. The topological polar surface area (TPSA) is 75.2 Å². The normalized spacial score (nSPS) is 12.3. The molecule has 0 saturated carbocycles. The molecule has 0 aliphatic carbocycles. The Labute approximate surface area is 114 Å². The van der Waals surface area contributed by atoms with Crippen LogP contribution in [0.2, 0.25) is 0 Å². The van der Waals surface area contributed by atoms with Crippen molar-refractivity contribution in [2.75, 3.05) is 44.9 Å². The summed E-state index contributed by atoms with van der Waals surface area (Å²) in [4.78, 5) is 14.8. The van der Waals surface area contributed by atoms with Crippen LogP contribution in [0, 0.1) is 0 Å². The Morgan fingerprint density at radius 2 is 1.89 bits per heavy atom. The molecule has 0 aromatic carbocycles. The molecule has 0 fully saturated rings. The first-order valence-corrected chi connectivity index (χ1v) is 6.53. The predicted molar refractivity (Wildman–Crippen MR) is 76.8 cm³/mol. The summed E-state index contributed by atoms with van der Waals surface area (Å²) in [5.41, 5.74) is 0. The molecule has 0 aliphatic heterocycles. The molecule has 7 heteroatoms. The Bertz CT molecular complexity index is 384. The number of aromatic nitrogens is 3. The standard InChI is InChI=1S/C12H24N6O/c1-6-19-12-16-10(13-3)15-11(17-12)14-9(2)7-8-18(4)5/h9H,6-8H2,1-5H3,(H2,13,14,15,16,17). The van der Waals surface area contributed by atoms with Gasteiger partial charge in [-0.05, 0) is 40.9 Å². The summed E-state index contributed by atoms with van der Waals surface area (Å²) in [6.45, 7) is 5.54. The average Bonchev–Trinajstić information content (AvgIpc) is 2.36. The van der Waals surface area contributed by atoms with Gasteiger partial charge >= 0.3 is 6.01 Å². The zero-order chi connectivity index (χ0) is 14.3.